The van der Waals surface area contributed by atoms with Crippen LogP contribution in [0.2, 0.25) is 5.02 Å². The van der Waals surface area contributed by atoms with E-state index in [1.807, 2.05) is 18.2 Å². The molecule has 1 N–H and O–H groups in total. The van der Waals surface area contributed by atoms with Crippen LogP contribution in [-0.2, 0) is 19.4 Å². The molecule has 0 atom stereocenters. The zero-order chi connectivity index (χ0) is 14.8. The fourth-order valence-corrected chi connectivity index (χ4v) is 2.81. The largest absolute Gasteiger partial charge is 0.312 e. The number of hydrogen-bond donors (Lipinski definition) is 1. The molecule has 3 rings (SSSR count). The first-order chi connectivity index (χ1) is 10.1. The van der Waals surface area contributed by atoms with Gasteiger partial charge < -0.3 is 5.32 Å². The number of hydrogen-bond acceptors (Lipinski definition) is 2. The van der Waals surface area contributed by atoms with Crippen molar-refractivity contribution in [1.82, 2.24) is 5.32 Å². The van der Waals surface area contributed by atoms with Gasteiger partial charge in [0.15, 0.2) is 5.78 Å². The molecule has 108 valence electrons. The maximum absolute atomic E-state index is 13.9. The quantitative estimate of drug-likeness (QED) is 0.879. The number of Topliss-reactive ketones (excluding diaryl/α,β-unsaturated/α-hetero) is 1. The third kappa shape index (κ3) is 2.99. The Morgan fingerprint density at radius 2 is 2.10 bits per heavy atom. The van der Waals surface area contributed by atoms with E-state index in [0.717, 1.165) is 25.1 Å². The van der Waals surface area contributed by atoms with Gasteiger partial charge >= 0.3 is 0 Å². The standard InChI is InChI=1S/C17H15ClFNO/c18-15-3-1-2-13(17(15)19)9-16(21)12-5-4-11-6-7-20-10-14(11)8-12/h1-5,8,20H,6-7,9-10H2. The zero-order valence-electron chi connectivity index (χ0n) is 11.5. The SMILES string of the molecule is O=C(Cc1cccc(Cl)c1F)c1ccc2c(c1)CNCC2. The summed E-state index contributed by atoms with van der Waals surface area (Å²) in [6, 6.07) is 10.5. The molecule has 21 heavy (non-hydrogen) atoms. The third-order valence-electron chi connectivity index (χ3n) is 3.80. The first-order valence-electron chi connectivity index (χ1n) is 6.94. The maximum Gasteiger partial charge on any atom is 0.167 e. The van der Waals surface area contributed by atoms with Crippen LogP contribution in [0.1, 0.15) is 27.0 Å². The number of halogens is 2. The summed E-state index contributed by atoms with van der Waals surface area (Å²) < 4.78 is 13.9. The van der Waals surface area contributed by atoms with E-state index in [1.165, 1.54) is 11.6 Å². The van der Waals surface area contributed by atoms with Gasteiger partial charge in [-0.25, -0.2) is 4.39 Å². The highest BCUT2D eigenvalue weighted by molar-refractivity contribution is 6.30. The summed E-state index contributed by atoms with van der Waals surface area (Å²) in [4.78, 5) is 12.3. The topological polar surface area (TPSA) is 29.1 Å². The Hall–Kier alpha value is -1.71. The fraction of sp³-hybridized carbons (Fsp3) is 0.235. The van der Waals surface area contributed by atoms with Crippen molar-refractivity contribution >= 4 is 17.4 Å². The lowest BCUT2D eigenvalue weighted by Gasteiger charge is -2.17. The molecule has 1 aliphatic heterocycles. The Morgan fingerprint density at radius 3 is 2.95 bits per heavy atom. The zero-order valence-corrected chi connectivity index (χ0v) is 12.2. The fourth-order valence-electron chi connectivity index (χ4n) is 2.61. The van der Waals surface area contributed by atoms with Crippen LogP contribution in [0, 0.1) is 5.82 Å². The molecule has 0 saturated heterocycles. The minimum atomic E-state index is -0.507. The Morgan fingerprint density at radius 1 is 1.24 bits per heavy atom. The highest BCUT2D eigenvalue weighted by atomic mass is 35.5. The van der Waals surface area contributed by atoms with Crippen LogP contribution in [0.25, 0.3) is 0 Å². The summed E-state index contributed by atoms with van der Waals surface area (Å²) in [5, 5.41) is 3.34. The predicted molar refractivity (Wildman–Crippen MR) is 81.3 cm³/mol. The van der Waals surface area contributed by atoms with Crippen molar-refractivity contribution in [2.24, 2.45) is 0 Å². The molecule has 0 radical (unpaired) electrons. The van der Waals surface area contributed by atoms with E-state index >= 15 is 0 Å². The molecule has 0 amide bonds. The minimum Gasteiger partial charge on any atom is -0.312 e. The van der Waals surface area contributed by atoms with E-state index in [2.05, 4.69) is 5.32 Å². The van der Waals surface area contributed by atoms with Crippen molar-refractivity contribution in [2.45, 2.75) is 19.4 Å². The molecule has 2 aromatic rings. The van der Waals surface area contributed by atoms with Gasteiger partial charge in [-0.2, -0.15) is 0 Å². The first-order valence-corrected chi connectivity index (χ1v) is 7.31. The number of carbonyl (C=O) groups is 1. The molecular weight excluding hydrogens is 289 g/mol. The summed E-state index contributed by atoms with van der Waals surface area (Å²) in [6.45, 7) is 1.75. The maximum atomic E-state index is 13.9. The van der Waals surface area contributed by atoms with Gasteiger partial charge in [-0.05, 0) is 41.8 Å². The van der Waals surface area contributed by atoms with E-state index in [0.29, 0.717) is 11.1 Å². The highest BCUT2D eigenvalue weighted by Gasteiger charge is 2.15. The van der Waals surface area contributed by atoms with Gasteiger partial charge in [0.2, 0.25) is 0 Å². The van der Waals surface area contributed by atoms with E-state index in [1.54, 1.807) is 12.1 Å². The first kappa shape index (κ1) is 14.2. The highest BCUT2D eigenvalue weighted by Crippen LogP contribution is 2.21. The molecule has 1 aliphatic rings. The normalized spacial score (nSPS) is 13.8. The van der Waals surface area contributed by atoms with Crippen molar-refractivity contribution in [2.75, 3.05) is 6.54 Å². The number of benzene rings is 2. The summed E-state index contributed by atoms with van der Waals surface area (Å²) >= 11 is 5.74. The average Bonchev–Trinajstić information content (AvgIpc) is 2.51. The molecule has 4 heteroatoms. The van der Waals surface area contributed by atoms with Crippen molar-refractivity contribution in [1.29, 1.82) is 0 Å². The van der Waals surface area contributed by atoms with Crippen LogP contribution in [0.15, 0.2) is 36.4 Å². The molecule has 0 saturated carbocycles. The second-order valence-electron chi connectivity index (χ2n) is 5.22. The smallest absolute Gasteiger partial charge is 0.167 e. The van der Waals surface area contributed by atoms with E-state index in [4.69, 9.17) is 11.6 Å². The lowest BCUT2D eigenvalue weighted by molar-refractivity contribution is 0.0991. The lowest BCUT2D eigenvalue weighted by Crippen LogP contribution is -2.24. The Bertz CT molecular complexity index is 699. The van der Waals surface area contributed by atoms with Gasteiger partial charge in [-0.3, -0.25) is 4.79 Å². The van der Waals surface area contributed by atoms with Crippen molar-refractivity contribution in [3.8, 4) is 0 Å². The number of ketones is 1. The van der Waals surface area contributed by atoms with Crippen molar-refractivity contribution < 1.29 is 9.18 Å². The Kier molecular flexibility index (Phi) is 4.04. The summed E-state index contributed by atoms with van der Waals surface area (Å²) in [7, 11) is 0. The molecule has 2 nitrogen and oxygen atoms in total. The van der Waals surface area contributed by atoms with Crippen molar-refractivity contribution in [3.05, 3.63) is 69.5 Å². The van der Waals surface area contributed by atoms with Crippen LogP contribution >= 0.6 is 11.6 Å². The van der Waals surface area contributed by atoms with Crippen LogP contribution < -0.4 is 5.32 Å². The average molecular weight is 304 g/mol. The molecule has 0 aromatic heterocycles. The van der Waals surface area contributed by atoms with Crippen LogP contribution in [-0.4, -0.2) is 12.3 Å². The Balaban J connectivity index is 1.84. The molecular formula is C17H15ClFNO. The van der Waals surface area contributed by atoms with E-state index in [9.17, 15) is 9.18 Å². The number of carbonyl (C=O) groups excluding carboxylic acids is 1. The predicted octanol–water partition coefficient (Wildman–Crippen LogP) is 3.55. The molecule has 0 bridgehead atoms. The van der Waals surface area contributed by atoms with Gasteiger partial charge in [0.25, 0.3) is 0 Å². The second kappa shape index (κ2) is 5.96. The minimum absolute atomic E-state index is 0.0264. The summed E-state index contributed by atoms with van der Waals surface area (Å²) in [6.07, 6.45) is 1.01. The number of rotatable bonds is 3. The number of nitrogens with one attached hydrogen (secondary N) is 1. The summed E-state index contributed by atoms with van der Waals surface area (Å²) in [5.74, 6) is -0.600. The van der Waals surface area contributed by atoms with Crippen LogP contribution in [0.4, 0.5) is 4.39 Å². The van der Waals surface area contributed by atoms with Gasteiger partial charge in [0.05, 0.1) is 5.02 Å². The molecule has 0 fully saturated rings. The molecule has 0 unspecified atom stereocenters. The molecule has 2 aromatic carbocycles. The lowest BCUT2D eigenvalue weighted by atomic mass is 9.95. The van der Waals surface area contributed by atoms with Gasteiger partial charge in [0, 0.05) is 18.5 Å². The van der Waals surface area contributed by atoms with Crippen molar-refractivity contribution in [3.63, 3.8) is 0 Å². The molecule has 1 heterocycles. The Labute approximate surface area is 127 Å². The molecule has 0 aliphatic carbocycles. The second-order valence-corrected chi connectivity index (χ2v) is 5.63. The van der Waals surface area contributed by atoms with Gasteiger partial charge in [0.1, 0.15) is 5.82 Å². The third-order valence-corrected chi connectivity index (χ3v) is 4.09. The van der Waals surface area contributed by atoms with Crippen LogP contribution in [0.5, 0.6) is 0 Å². The monoisotopic (exact) mass is 303 g/mol. The molecule has 0 spiro atoms. The van der Waals surface area contributed by atoms with E-state index in [-0.39, 0.29) is 17.2 Å². The number of fused-ring (bicyclic) bond motifs is 1. The van der Waals surface area contributed by atoms with Crippen LogP contribution in [0.3, 0.4) is 0 Å². The summed E-state index contributed by atoms with van der Waals surface area (Å²) in [5.41, 5.74) is 3.39. The van der Waals surface area contributed by atoms with E-state index < -0.39 is 5.82 Å². The van der Waals surface area contributed by atoms with Gasteiger partial charge in [-0.15, -0.1) is 0 Å². The van der Waals surface area contributed by atoms with Gasteiger partial charge in [-0.1, -0.05) is 35.9 Å².